The van der Waals surface area contributed by atoms with E-state index >= 15 is 0 Å². The number of thiocarbonyl (C=S) groups is 1. The molecule has 0 fully saturated rings. The lowest BCUT2D eigenvalue weighted by atomic mass is 9.89. The molecule has 0 heterocycles. The summed E-state index contributed by atoms with van der Waals surface area (Å²) in [6.45, 7) is 9.73. The standard InChI is InChI=1S/C11H24N2S/c1-6-9(2)13(5)8-7-11(3,4)10(12)14/h9H,6-8H2,1-5H3,(H2,12,14). The first-order chi connectivity index (χ1) is 6.31. The lowest BCUT2D eigenvalue weighted by molar-refractivity contribution is 0.228. The first kappa shape index (κ1) is 13.8. The van der Waals surface area contributed by atoms with Gasteiger partial charge in [0.15, 0.2) is 0 Å². The second-order valence-corrected chi connectivity index (χ2v) is 5.18. The maximum absolute atomic E-state index is 5.68. The Morgan fingerprint density at radius 3 is 2.36 bits per heavy atom. The number of rotatable bonds is 6. The maximum atomic E-state index is 5.68. The molecule has 0 aromatic carbocycles. The third kappa shape index (κ3) is 4.38. The van der Waals surface area contributed by atoms with E-state index in [1.54, 1.807) is 0 Å². The summed E-state index contributed by atoms with van der Waals surface area (Å²) in [6, 6.07) is 0.636. The van der Waals surface area contributed by atoms with E-state index in [-0.39, 0.29) is 5.41 Å². The molecule has 2 nitrogen and oxygen atoms in total. The molecule has 0 amide bonds. The predicted molar refractivity (Wildman–Crippen MR) is 67.6 cm³/mol. The van der Waals surface area contributed by atoms with Crippen LogP contribution in [0.25, 0.3) is 0 Å². The summed E-state index contributed by atoms with van der Waals surface area (Å²) in [5.41, 5.74) is 5.66. The Morgan fingerprint density at radius 2 is 2.00 bits per heavy atom. The van der Waals surface area contributed by atoms with Crippen LogP contribution in [0.15, 0.2) is 0 Å². The van der Waals surface area contributed by atoms with Crippen LogP contribution in [0.1, 0.15) is 40.5 Å². The largest absolute Gasteiger partial charge is 0.393 e. The molecule has 0 saturated heterocycles. The van der Waals surface area contributed by atoms with Gasteiger partial charge in [-0.1, -0.05) is 33.0 Å². The zero-order chi connectivity index (χ0) is 11.4. The Balaban J connectivity index is 3.99. The minimum Gasteiger partial charge on any atom is -0.393 e. The molecule has 1 unspecified atom stereocenters. The van der Waals surface area contributed by atoms with E-state index in [1.807, 2.05) is 0 Å². The summed E-state index contributed by atoms with van der Waals surface area (Å²) in [4.78, 5) is 2.98. The molecule has 0 bridgehead atoms. The van der Waals surface area contributed by atoms with Crippen LogP contribution < -0.4 is 5.73 Å². The van der Waals surface area contributed by atoms with Crippen molar-refractivity contribution in [2.24, 2.45) is 11.1 Å². The van der Waals surface area contributed by atoms with Crippen LogP contribution in [0, 0.1) is 5.41 Å². The lowest BCUT2D eigenvalue weighted by Crippen LogP contribution is -2.36. The average molecular weight is 216 g/mol. The van der Waals surface area contributed by atoms with Gasteiger partial charge in [-0.2, -0.15) is 0 Å². The number of hydrogen-bond acceptors (Lipinski definition) is 2. The third-order valence-electron chi connectivity index (χ3n) is 3.10. The van der Waals surface area contributed by atoms with E-state index in [0.717, 1.165) is 13.0 Å². The summed E-state index contributed by atoms with van der Waals surface area (Å²) in [5, 5.41) is 0. The highest BCUT2D eigenvalue weighted by Crippen LogP contribution is 2.21. The van der Waals surface area contributed by atoms with Gasteiger partial charge in [-0.3, -0.25) is 0 Å². The highest BCUT2D eigenvalue weighted by atomic mass is 32.1. The molecule has 0 aromatic rings. The van der Waals surface area contributed by atoms with Crippen molar-refractivity contribution in [3.63, 3.8) is 0 Å². The zero-order valence-corrected chi connectivity index (χ0v) is 10.9. The van der Waals surface area contributed by atoms with E-state index in [2.05, 4.69) is 39.6 Å². The Kier molecular flexibility index (Phi) is 5.60. The van der Waals surface area contributed by atoms with Crippen molar-refractivity contribution in [2.75, 3.05) is 13.6 Å². The first-order valence-electron chi connectivity index (χ1n) is 5.31. The monoisotopic (exact) mass is 216 g/mol. The van der Waals surface area contributed by atoms with Crippen molar-refractivity contribution in [3.05, 3.63) is 0 Å². The molecule has 3 heteroatoms. The van der Waals surface area contributed by atoms with E-state index in [1.165, 1.54) is 6.42 Å². The van der Waals surface area contributed by atoms with E-state index in [9.17, 15) is 0 Å². The van der Waals surface area contributed by atoms with Gasteiger partial charge in [0.1, 0.15) is 0 Å². The Bertz CT molecular complexity index is 190. The van der Waals surface area contributed by atoms with Gasteiger partial charge in [0.25, 0.3) is 0 Å². The number of hydrogen-bond donors (Lipinski definition) is 1. The summed E-state index contributed by atoms with van der Waals surface area (Å²) < 4.78 is 0. The topological polar surface area (TPSA) is 29.3 Å². The van der Waals surface area contributed by atoms with Crippen molar-refractivity contribution in [1.82, 2.24) is 4.90 Å². The summed E-state index contributed by atoms with van der Waals surface area (Å²) in [7, 11) is 2.16. The van der Waals surface area contributed by atoms with E-state index < -0.39 is 0 Å². The summed E-state index contributed by atoms with van der Waals surface area (Å²) >= 11 is 5.04. The van der Waals surface area contributed by atoms with Crippen LogP contribution in [0.5, 0.6) is 0 Å². The smallest absolute Gasteiger partial charge is 0.0784 e. The first-order valence-corrected chi connectivity index (χ1v) is 5.72. The van der Waals surface area contributed by atoms with Gasteiger partial charge < -0.3 is 10.6 Å². The van der Waals surface area contributed by atoms with E-state index in [4.69, 9.17) is 18.0 Å². The van der Waals surface area contributed by atoms with Gasteiger partial charge in [0.05, 0.1) is 4.99 Å². The molecular formula is C11H24N2S. The Morgan fingerprint density at radius 1 is 1.50 bits per heavy atom. The van der Waals surface area contributed by atoms with Crippen LogP contribution in [0.4, 0.5) is 0 Å². The molecule has 0 saturated carbocycles. The second-order valence-electron chi connectivity index (χ2n) is 4.74. The van der Waals surface area contributed by atoms with E-state index in [0.29, 0.717) is 11.0 Å². The Hall–Kier alpha value is -0.150. The van der Waals surface area contributed by atoms with Gasteiger partial charge in [0.2, 0.25) is 0 Å². The van der Waals surface area contributed by atoms with Gasteiger partial charge in [-0.25, -0.2) is 0 Å². The molecule has 84 valence electrons. The fraction of sp³-hybridized carbons (Fsp3) is 0.909. The van der Waals surface area contributed by atoms with Gasteiger partial charge >= 0.3 is 0 Å². The Labute approximate surface area is 93.8 Å². The van der Waals surface area contributed by atoms with Crippen molar-refractivity contribution >= 4 is 17.2 Å². The maximum Gasteiger partial charge on any atom is 0.0784 e. The molecule has 1 atom stereocenters. The fourth-order valence-electron chi connectivity index (χ4n) is 1.11. The van der Waals surface area contributed by atoms with Crippen LogP contribution in [0.3, 0.4) is 0 Å². The van der Waals surface area contributed by atoms with Gasteiger partial charge in [0, 0.05) is 11.5 Å². The highest BCUT2D eigenvalue weighted by Gasteiger charge is 2.22. The predicted octanol–water partition coefficient (Wildman–Crippen LogP) is 2.42. The van der Waals surface area contributed by atoms with Crippen LogP contribution in [0.2, 0.25) is 0 Å². The normalized spacial score (nSPS) is 14.4. The number of nitrogens with two attached hydrogens (primary N) is 1. The minimum atomic E-state index is -0.0168. The molecule has 14 heavy (non-hydrogen) atoms. The molecule has 0 radical (unpaired) electrons. The lowest BCUT2D eigenvalue weighted by Gasteiger charge is -2.29. The van der Waals surface area contributed by atoms with Crippen molar-refractivity contribution < 1.29 is 0 Å². The molecule has 2 N–H and O–H groups in total. The van der Waals surface area contributed by atoms with Crippen LogP contribution in [-0.2, 0) is 0 Å². The number of nitrogens with zero attached hydrogens (tertiary/aromatic N) is 1. The molecule has 0 spiro atoms. The SMILES string of the molecule is CCC(C)N(C)CCC(C)(C)C(N)=S. The molecule has 0 aliphatic heterocycles. The van der Waals surface area contributed by atoms with Crippen LogP contribution in [-0.4, -0.2) is 29.5 Å². The molecular weight excluding hydrogens is 192 g/mol. The molecule has 0 rings (SSSR count). The van der Waals surface area contributed by atoms with Gasteiger partial charge in [-0.05, 0) is 33.4 Å². The van der Waals surface area contributed by atoms with Crippen molar-refractivity contribution in [2.45, 2.75) is 46.6 Å². The van der Waals surface area contributed by atoms with Crippen molar-refractivity contribution in [3.8, 4) is 0 Å². The molecule has 0 aliphatic rings. The second kappa shape index (κ2) is 5.66. The molecule has 0 aromatic heterocycles. The zero-order valence-electron chi connectivity index (χ0n) is 10.1. The summed E-state index contributed by atoms with van der Waals surface area (Å²) in [5.74, 6) is 0. The highest BCUT2D eigenvalue weighted by molar-refractivity contribution is 7.80. The quantitative estimate of drug-likeness (QED) is 0.691. The molecule has 0 aliphatic carbocycles. The van der Waals surface area contributed by atoms with Crippen LogP contribution >= 0.6 is 12.2 Å². The fourth-order valence-corrected chi connectivity index (χ4v) is 1.21. The van der Waals surface area contributed by atoms with Gasteiger partial charge in [-0.15, -0.1) is 0 Å². The summed E-state index contributed by atoms with van der Waals surface area (Å²) in [6.07, 6.45) is 2.22. The third-order valence-corrected chi connectivity index (χ3v) is 3.65. The minimum absolute atomic E-state index is 0.0168. The average Bonchev–Trinajstić information content (AvgIpc) is 2.12. The van der Waals surface area contributed by atoms with Crippen molar-refractivity contribution in [1.29, 1.82) is 0 Å².